The first-order valence-electron chi connectivity index (χ1n) is 8.11. The number of rotatable bonds is 0. The first-order valence-corrected chi connectivity index (χ1v) is 8.11. The zero-order valence-electron chi connectivity index (χ0n) is 12.0. The Morgan fingerprint density at radius 3 is 2.11 bits per heavy atom. The highest BCUT2D eigenvalue weighted by Gasteiger charge is 2.30. The molecule has 0 saturated carbocycles. The average Bonchev–Trinajstić information content (AvgIpc) is 2.45. The van der Waals surface area contributed by atoms with Gasteiger partial charge in [0, 0.05) is 19.4 Å². The summed E-state index contributed by atoms with van der Waals surface area (Å²) in [4.78, 5) is 26.5. The van der Waals surface area contributed by atoms with Crippen LogP contribution in [0.3, 0.4) is 0 Å². The monoisotopic (exact) mass is 265 g/mol. The number of carbonyl (C=O) groups is 2. The van der Waals surface area contributed by atoms with Crippen LogP contribution in [0.25, 0.3) is 0 Å². The van der Waals surface area contributed by atoms with E-state index in [9.17, 15) is 9.59 Å². The molecule has 2 rings (SSSR count). The number of amides is 1. The number of carbonyl (C=O) groups excluding carboxylic acids is 2. The van der Waals surface area contributed by atoms with Gasteiger partial charge in [0.15, 0.2) is 5.78 Å². The van der Waals surface area contributed by atoms with Crippen molar-refractivity contribution in [2.24, 2.45) is 0 Å². The third-order valence-electron chi connectivity index (χ3n) is 4.51. The van der Waals surface area contributed by atoms with Crippen LogP contribution < -0.4 is 0 Å². The van der Waals surface area contributed by atoms with Gasteiger partial charge in [-0.1, -0.05) is 32.1 Å². The molecule has 1 amide bonds. The van der Waals surface area contributed by atoms with Crippen LogP contribution in [0.4, 0.5) is 0 Å². The van der Waals surface area contributed by atoms with Gasteiger partial charge in [-0.2, -0.15) is 0 Å². The molecule has 2 aliphatic rings. The summed E-state index contributed by atoms with van der Waals surface area (Å²) in [5.41, 5.74) is 0. The summed E-state index contributed by atoms with van der Waals surface area (Å²) in [5, 5.41) is 0. The highest BCUT2D eigenvalue weighted by atomic mass is 16.2. The molecular weight excluding hydrogens is 238 g/mol. The van der Waals surface area contributed by atoms with Crippen molar-refractivity contribution in [3.05, 3.63) is 0 Å². The minimum absolute atomic E-state index is 0.0954. The number of ketones is 1. The van der Waals surface area contributed by atoms with Crippen molar-refractivity contribution >= 4 is 11.7 Å². The Morgan fingerprint density at radius 1 is 0.737 bits per heavy atom. The Balaban J connectivity index is 2.00. The Labute approximate surface area is 116 Å². The van der Waals surface area contributed by atoms with E-state index in [0.717, 1.165) is 45.1 Å². The van der Waals surface area contributed by atoms with E-state index in [1.54, 1.807) is 0 Å². The Kier molecular flexibility index (Phi) is 5.87. The van der Waals surface area contributed by atoms with E-state index in [1.165, 1.54) is 25.7 Å². The smallest absolute Gasteiger partial charge is 0.223 e. The number of fused-ring (bicyclic) bond motifs is 1. The lowest BCUT2D eigenvalue weighted by atomic mass is 9.95. The van der Waals surface area contributed by atoms with Gasteiger partial charge in [0.25, 0.3) is 0 Å². The Bertz CT molecular complexity index is 284. The van der Waals surface area contributed by atoms with Crippen molar-refractivity contribution in [2.75, 3.05) is 6.54 Å². The quantitative estimate of drug-likeness (QED) is 0.672. The molecule has 1 unspecified atom stereocenters. The summed E-state index contributed by atoms with van der Waals surface area (Å²) in [6, 6.07) is -0.0954. The van der Waals surface area contributed by atoms with Gasteiger partial charge < -0.3 is 4.90 Å². The van der Waals surface area contributed by atoms with Crippen LogP contribution in [0, 0.1) is 0 Å². The molecule has 3 heteroatoms. The van der Waals surface area contributed by atoms with E-state index in [0.29, 0.717) is 18.6 Å². The van der Waals surface area contributed by atoms with Crippen LogP contribution in [0.15, 0.2) is 0 Å². The van der Waals surface area contributed by atoms with Crippen LogP contribution in [0.1, 0.15) is 77.0 Å². The third kappa shape index (κ3) is 4.32. The normalized spacial score (nSPS) is 28.0. The second-order valence-electron chi connectivity index (χ2n) is 6.04. The summed E-state index contributed by atoms with van der Waals surface area (Å²) in [6.45, 7) is 0.801. The topological polar surface area (TPSA) is 37.4 Å². The van der Waals surface area contributed by atoms with Crippen molar-refractivity contribution in [3.63, 3.8) is 0 Å². The summed E-state index contributed by atoms with van der Waals surface area (Å²) in [7, 11) is 0. The average molecular weight is 265 g/mol. The lowest BCUT2D eigenvalue weighted by molar-refractivity contribution is -0.141. The SMILES string of the molecule is O=C1CCCCCCCCCC(=O)N2CCCCC12. The van der Waals surface area contributed by atoms with Crippen molar-refractivity contribution in [1.82, 2.24) is 4.90 Å². The van der Waals surface area contributed by atoms with Gasteiger partial charge in [-0.3, -0.25) is 9.59 Å². The van der Waals surface area contributed by atoms with Gasteiger partial charge in [-0.05, 0) is 32.1 Å². The molecule has 1 atom stereocenters. The van der Waals surface area contributed by atoms with Gasteiger partial charge in [-0.25, -0.2) is 0 Å². The van der Waals surface area contributed by atoms with E-state index in [1.807, 2.05) is 4.90 Å². The van der Waals surface area contributed by atoms with E-state index in [4.69, 9.17) is 0 Å². The maximum absolute atomic E-state index is 12.3. The second-order valence-corrected chi connectivity index (χ2v) is 6.04. The zero-order chi connectivity index (χ0) is 13.5. The highest BCUT2D eigenvalue weighted by molar-refractivity contribution is 5.89. The van der Waals surface area contributed by atoms with E-state index in [2.05, 4.69) is 0 Å². The Morgan fingerprint density at radius 2 is 1.37 bits per heavy atom. The number of Topliss-reactive ketones (excluding diaryl/α,β-unsaturated/α-hetero) is 1. The van der Waals surface area contributed by atoms with Crippen LogP contribution in [-0.4, -0.2) is 29.2 Å². The van der Waals surface area contributed by atoms with Crippen molar-refractivity contribution < 1.29 is 9.59 Å². The van der Waals surface area contributed by atoms with Crippen molar-refractivity contribution in [3.8, 4) is 0 Å². The summed E-state index contributed by atoms with van der Waals surface area (Å²) in [6.07, 6.45) is 12.5. The number of hydrogen-bond donors (Lipinski definition) is 0. The van der Waals surface area contributed by atoms with Gasteiger partial charge in [-0.15, -0.1) is 0 Å². The number of piperidine rings is 1. The molecule has 0 spiro atoms. The first kappa shape index (κ1) is 14.5. The lowest BCUT2D eigenvalue weighted by Crippen LogP contribution is -2.47. The maximum atomic E-state index is 12.3. The van der Waals surface area contributed by atoms with Gasteiger partial charge in [0.05, 0.1) is 6.04 Å². The molecule has 108 valence electrons. The molecule has 19 heavy (non-hydrogen) atoms. The molecule has 2 heterocycles. The van der Waals surface area contributed by atoms with Crippen molar-refractivity contribution in [2.45, 2.75) is 83.1 Å². The Hall–Kier alpha value is -0.860. The molecule has 0 aliphatic carbocycles. The zero-order valence-corrected chi connectivity index (χ0v) is 12.0. The van der Waals surface area contributed by atoms with Gasteiger partial charge in [0.2, 0.25) is 5.91 Å². The number of nitrogens with zero attached hydrogens (tertiary/aromatic N) is 1. The summed E-state index contributed by atoms with van der Waals surface area (Å²) < 4.78 is 0. The highest BCUT2D eigenvalue weighted by Crippen LogP contribution is 2.22. The fourth-order valence-electron chi connectivity index (χ4n) is 3.33. The fourth-order valence-corrected chi connectivity index (χ4v) is 3.33. The van der Waals surface area contributed by atoms with Crippen LogP contribution in [0.2, 0.25) is 0 Å². The van der Waals surface area contributed by atoms with E-state index in [-0.39, 0.29) is 11.9 Å². The van der Waals surface area contributed by atoms with Crippen molar-refractivity contribution in [1.29, 1.82) is 0 Å². The number of hydrogen-bond acceptors (Lipinski definition) is 2. The maximum Gasteiger partial charge on any atom is 0.223 e. The third-order valence-corrected chi connectivity index (χ3v) is 4.51. The molecule has 0 radical (unpaired) electrons. The van der Waals surface area contributed by atoms with Crippen LogP contribution in [0.5, 0.6) is 0 Å². The largest absolute Gasteiger partial charge is 0.333 e. The second kappa shape index (κ2) is 7.66. The predicted molar refractivity (Wildman–Crippen MR) is 75.9 cm³/mol. The molecule has 0 aromatic carbocycles. The predicted octanol–water partition coefficient (Wildman–Crippen LogP) is 3.46. The van der Waals surface area contributed by atoms with E-state index < -0.39 is 0 Å². The molecule has 3 nitrogen and oxygen atoms in total. The van der Waals surface area contributed by atoms with Crippen LogP contribution in [-0.2, 0) is 9.59 Å². The van der Waals surface area contributed by atoms with E-state index >= 15 is 0 Å². The molecule has 0 N–H and O–H groups in total. The molecular formula is C16H27NO2. The minimum Gasteiger partial charge on any atom is -0.333 e. The summed E-state index contributed by atoms with van der Waals surface area (Å²) >= 11 is 0. The van der Waals surface area contributed by atoms with Gasteiger partial charge >= 0.3 is 0 Å². The molecule has 2 fully saturated rings. The fraction of sp³-hybridized carbons (Fsp3) is 0.875. The van der Waals surface area contributed by atoms with Gasteiger partial charge in [0.1, 0.15) is 0 Å². The molecule has 2 saturated heterocycles. The first-order chi connectivity index (χ1) is 9.29. The standard InChI is InChI=1S/C16H27NO2/c18-15-11-6-4-2-1-3-5-7-12-16(19)17-13-9-8-10-14(15)17/h14H,1-13H2. The molecule has 2 aliphatic heterocycles. The molecule has 0 aromatic heterocycles. The summed E-state index contributed by atoms with van der Waals surface area (Å²) in [5.74, 6) is 0.532. The molecule has 0 aromatic rings. The lowest BCUT2D eigenvalue weighted by Gasteiger charge is -2.35. The van der Waals surface area contributed by atoms with Crippen LogP contribution >= 0.6 is 0 Å². The minimum atomic E-state index is -0.0954. The molecule has 0 bridgehead atoms.